The number of esters is 1. The molecule has 3 heteroatoms. The van der Waals surface area contributed by atoms with E-state index >= 15 is 0 Å². The van der Waals surface area contributed by atoms with Crippen LogP contribution >= 0.6 is 0 Å². The molecule has 1 rings (SSSR count). The zero-order valence-corrected chi connectivity index (χ0v) is 12.2. The molecule has 0 fully saturated rings. The molecule has 0 saturated carbocycles. The van der Waals surface area contributed by atoms with E-state index < -0.39 is 0 Å². The molecular formula is C16H23NO2. The third kappa shape index (κ3) is 4.43. The molecule has 0 unspecified atom stereocenters. The molecule has 1 aromatic rings. The molecule has 3 nitrogen and oxygen atoms in total. The maximum atomic E-state index is 11.8. The number of hydrogen-bond donors (Lipinski definition) is 1. The number of allylic oxidation sites excluding steroid dienone is 1. The molecule has 104 valence electrons. The summed E-state index contributed by atoms with van der Waals surface area (Å²) in [4.78, 5) is 11.8. The van der Waals surface area contributed by atoms with Crippen molar-refractivity contribution in [1.82, 2.24) is 5.32 Å². The highest BCUT2D eigenvalue weighted by molar-refractivity contribution is 5.89. The van der Waals surface area contributed by atoms with Crippen molar-refractivity contribution in [2.75, 3.05) is 6.61 Å². The van der Waals surface area contributed by atoms with Crippen LogP contribution in [0.4, 0.5) is 0 Å². The van der Waals surface area contributed by atoms with Gasteiger partial charge < -0.3 is 10.1 Å². The third-order valence-corrected chi connectivity index (χ3v) is 3.06. The fourth-order valence-corrected chi connectivity index (χ4v) is 2.02. The Bertz CT molecular complexity index is 437. The van der Waals surface area contributed by atoms with Gasteiger partial charge in [-0.1, -0.05) is 37.3 Å². The van der Waals surface area contributed by atoms with E-state index in [9.17, 15) is 4.79 Å². The minimum absolute atomic E-state index is 0.164. The second-order valence-corrected chi connectivity index (χ2v) is 4.45. The average molecular weight is 261 g/mol. The second kappa shape index (κ2) is 7.62. The topological polar surface area (TPSA) is 38.3 Å². The first-order valence-corrected chi connectivity index (χ1v) is 6.78. The third-order valence-electron chi connectivity index (χ3n) is 3.06. The van der Waals surface area contributed by atoms with Crippen LogP contribution in [-0.2, 0) is 9.53 Å². The van der Waals surface area contributed by atoms with E-state index in [1.54, 1.807) is 0 Å². The van der Waals surface area contributed by atoms with Gasteiger partial charge in [0.2, 0.25) is 0 Å². The van der Waals surface area contributed by atoms with Gasteiger partial charge in [-0.3, -0.25) is 0 Å². The molecule has 0 amide bonds. The fourth-order valence-electron chi connectivity index (χ4n) is 2.02. The van der Waals surface area contributed by atoms with E-state index in [2.05, 4.69) is 24.4 Å². The van der Waals surface area contributed by atoms with Gasteiger partial charge in [0.1, 0.15) is 0 Å². The number of ether oxygens (including phenoxy) is 1. The molecule has 1 atom stereocenters. The number of carbonyl (C=O) groups is 1. The summed E-state index contributed by atoms with van der Waals surface area (Å²) >= 11 is 0. The lowest BCUT2D eigenvalue weighted by atomic mass is 10.1. The Morgan fingerprint density at radius 1 is 1.26 bits per heavy atom. The van der Waals surface area contributed by atoms with Crippen molar-refractivity contribution in [2.45, 2.75) is 40.2 Å². The van der Waals surface area contributed by atoms with E-state index in [-0.39, 0.29) is 12.0 Å². The summed E-state index contributed by atoms with van der Waals surface area (Å²) in [5, 5.41) is 3.37. The Balaban J connectivity index is 2.81. The van der Waals surface area contributed by atoms with Gasteiger partial charge >= 0.3 is 5.97 Å². The highest BCUT2D eigenvalue weighted by Crippen LogP contribution is 2.16. The highest BCUT2D eigenvalue weighted by atomic mass is 16.5. The van der Waals surface area contributed by atoms with Crippen molar-refractivity contribution in [2.24, 2.45) is 0 Å². The van der Waals surface area contributed by atoms with Crippen LogP contribution in [0.3, 0.4) is 0 Å². The van der Waals surface area contributed by atoms with Gasteiger partial charge in [-0.25, -0.2) is 4.79 Å². The van der Waals surface area contributed by atoms with E-state index in [0.717, 1.165) is 5.70 Å². The second-order valence-electron chi connectivity index (χ2n) is 4.45. The molecule has 0 heterocycles. The summed E-state index contributed by atoms with van der Waals surface area (Å²) in [6.07, 6.45) is 0.666. The quantitative estimate of drug-likeness (QED) is 0.628. The van der Waals surface area contributed by atoms with Gasteiger partial charge in [-0.2, -0.15) is 0 Å². The molecule has 19 heavy (non-hydrogen) atoms. The number of carbonyl (C=O) groups excluding carboxylic acids is 1. The number of nitrogens with one attached hydrogen (secondary N) is 1. The summed E-state index contributed by atoms with van der Waals surface area (Å²) in [6.45, 7) is 8.20. The van der Waals surface area contributed by atoms with Crippen LogP contribution in [0.1, 0.15) is 45.7 Å². The van der Waals surface area contributed by atoms with Gasteiger partial charge in [0, 0.05) is 11.7 Å². The Morgan fingerprint density at radius 2 is 1.89 bits per heavy atom. The van der Waals surface area contributed by atoms with Crippen molar-refractivity contribution >= 4 is 5.97 Å². The Morgan fingerprint density at radius 3 is 2.42 bits per heavy atom. The fraction of sp³-hybridized carbons (Fsp3) is 0.438. The molecule has 0 saturated heterocycles. The van der Waals surface area contributed by atoms with Crippen LogP contribution in [0.5, 0.6) is 0 Å². The standard InChI is InChI=1S/C16H23NO2/c1-5-15(16(18)19-6-2)13(4)17-12(3)14-10-8-7-9-11-14/h7-12,17H,5-6H2,1-4H3/b15-13+/t12-/m1/s1. The summed E-state index contributed by atoms with van der Waals surface area (Å²) < 4.78 is 5.07. The maximum absolute atomic E-state index is 11.8. The van der Waals surface area contributed by atoms with E-state index in [0.29, 0.717) is 18.6 Å². The Labute approximate surface area is 115 Å². The summed E-state index contributed by atoms with van der Waals surface area (Å²) in [7, 11) is 0. The number of hydrogen-bond acceptors (Lipinski definition) is 3. The first-order valence-electron chi connectivity index (χ1n) is 6.78. The number of rotatable bonds is 6. The molecule has 0 bridgehead atoms. The van der Waals surface area contributed by atoms with Gasteiger partial charge in [0.15, 0.2) is 0 Å². The van der Waals surface area contributed by atoms with Crippen molar-refractivity contribution < 1.29 is 9.53 Å². The summed E-state index contributed by atoms with van der Waals surface area (Å²) in [5.41, 5.74) is 2.79. The Kier molecular flexibility index (Phi) is 6.13. The molecule has 0 aliphatic rings. The van der Waals surface area contributed by atoms with E-state index in [4.69, 9.17) is 4.74 Å². The normalized spacial score (nSPS) is 13.5. The first kappa shape index (κ1) is 15.3. The highest BCUT2D eigenvalue weighted by Gasteiger charge is 2.14. The van der Waals surface area contributed by atoms with Crippen LogP contribution in [-0.4, -0.2) is 12.6 Å². The van der Waals surface area contributed by atoms with Crippen LogP contribution in [0, 0.1) is 0 Å². The van der Waals surface area contributed by atoms with Gasteiger partial charge in [-0.15, -0.1) is 0 Å². The molecule has 0 aromatic heterocycles. The molecular weight excluding hydrogens is 238 g/mol. The van der Waals surface area contributed by atoms with Crippen LogP contribution in [0.15, 0.2) is 41.6 Å². The smallest absolute Gasteiger partial charge is 0.335 e. The summed E-state index contributed by atoms with van der Waals surface area (Å²) in [6, 6.07) is 10.3. The lowest BCUT2D eigenvalue weighted by molar-refractivity contribution is -0.138. The van der Waals surface area contributed by atoms with Crippen LogP contribution in [0.2, 0.25) is 0 Å². The van der Waals surface area contributed by atoms with E-state index in [1.165, 1.54) is 5.56 Å². The minimum atomic E-state index is -0.227. The van der Waals surface area contributed by atoms with E-state index in [1.807, 2.05) is 39.0 Å². The van der Waals surface area contributed by atoms with Crippen molar-refractivity contribution in [3.8, 4) is 0 Å². The lowest BCUT2D eigenvalue weighted by Gasteiger charge is -2.18. The summed E-state index contributed by atoms with van der Waals surface area (Å²) in [5.74, 6) is -0.227. The molecule has 1 N–H and O–H groups in total. The van der Waals surface area contributed by atoms with Gasteiger partial charge in [0.25, 0.3) is 0 Å². The van der Waals surface area contributed by atoms with Crippen molar-refractivity contribution in [1.29, 1.82) is 0 Å². The first-order chi connectivity index (χ1) is 9.10. The zero-order valence-electron chi connectivity index (χ0n) is 12.2. The predicted molar refractivity (Wildman–Crippen MR) is 77.6 cm³/mol. The van der Waals surface area contributed by atoms with Crippen molar-refractivity contribution in [3.63, 3.8) is 0 Å². The minimum Gasteiger partial charge on any atom is -0.463 e. The molecule has 0 aliphatic carbocycles. The van der Waals surface area contributed by atoms with Crippen LogP contribution < -0.4 is 5.32 Å². The SMILES string of the molecule is CCOC(=O)/C(CC)=C(\C)N[C@H](C)c1ccccc1. The Hall–Kier alpha value is -1.77. The van der Waals surface area contributed by atoms with Crippen molar-refractivity contribution in [3.05, 3.63) is 47.2 Å². The zero-order chi connectivity index (χ0) is 14.3. The largest absolute Gasteiger partial charge is 0.463 e. The molecule has 0 spiro atoms. The monoisotopic (exact) mass is 261 g/mol. The number of benzene rings is 1. The lowest BCUT2D eigenvalue weighted by Crippen LogP contribution is -2.21. The molecule has 1 aromatic carbocycles. The van der Waals surface area contributed by atoms with Gasteiger partial charge in [0.05, 0.1) is 12.2 Å². The predicted octanol–water partition coefficient (Wildman–Crippen LogP) is 3.58. The maximum Gasteiger partial charge on any atom is 0.335 e. The molecule has 0 aliphatic heterocycles. The molecule has 0 radical (unpaired) electrons. The van der Waals surface area contributed by atoms with Gasteiger partial charge in [-0.05, 0) is 32.8 Å². The van der Waals surface area contributed by atoms with Crippen LogP contribution in [0.25, 0.3) is 0 Å². The average Bonchev–Trinajstić information content (AvgIpc) is 2.40.